The number of hydrogen-bond donors (Lipinski definition) is 4. The topological polar surface area (TPSA) is 143 Å². The Balaban J connectivity index is 1.70. The van der Waals surface area contributed by atoms with Gasteiger partial charge in [-0.25, -0.2) is 0 Å². The van der Waals surface area contributed by atoms with E-state index in [0.717, 1.165) is 0 Å². The molecule has 0 bridgehead atoms. The highest BCUT2D eigenvalue weighted by atomic mass is 16.5. The van der Waals surface area contributed by atoms with Gasteiger partial charge in [-0.2, -0.15) is 0 Å². The zero-order valence-corrected chi connectivity index (χ0v) is 19.8. The van der Waals surface area contributed by atoms with Gasteiger partial charge in [-0.1, -0.05) is 0 Å². The number of benzene rings is 2. The molecule has 0 saturated carbocycles. The van der Waals surface area contributed by atoms with Crippen molar-refractivity contribution in [3.05, 3.63) is 59.3 Å². The number of aliphatic hydroxyl groups is 2. The lowest BCUT2D eigenvalue weighted by Crippen LogP contribution is -2.22. The van der Waals surface area contributed by atoms with E-state index in [2.05, 4.69) is 9.97 Å². The van der Waals surface area contributed by atoms with E-state index in [0.29, 0.717) is 44.8 Å². The smallest absolute Gasteiger partial charge is 0.232 e. The quantitative estimate of drug-likeness (QED) is 0.296. The molecule has 5 rings (SSSR count). The molecule has 10 nitrogen and oxygen atoms in total. The van der Waals surface area contributed by atoms with E-state index < -0.39 is 23.1 Å². The van der Waals surface area contributed by atoms with Crippen molar-refractivity contribution < 1.29 is 38.7 Å². The van der Waals surface area contributed by atoms with Gasteiger partial charge in [0.05, 0.1) is 50.6 Å². The number of ketones is 2. The molecular weight excluding hydrogens is 468 g/mol. The van der Waals surface area contributed by atoms with E-state index in [9.17, 15) is 19.8 Å². The molecule has 2 heterocycles. The van der Waals surface area contributed by atoms with E-state index in [1.165, 1.54) is 40.8 Å². The standard InChI is InChI=1S/C26H22N2O8/c1-33-11-5-13-15(9-27-21(13)17(7-11)35-3)19-23(29)25(31)20(26(32)24(19)30)16-10-28-22-14(16)6-12(34-2)8-18(22)36-4/h5-10,27-29,32H,1-4H3. The maximum Gasteiger partial charge on any atom is 0.232 e. The second kappa shape index (κ2) is 8.42. The van der Waals surface area contributed by atoms with Crippen molar-refractivity contribution in [2.45, 2.75) is 0 Å². The fraction of sp³-hybridized carbons (Fsp3) is 0.154. The summed E-state index contributed by atoms with van der Waals surface area (Å²) in [6.45, 7) is 0. The third kappa shape index (κ3) is 3.18. The summed E-state index contributed by atoms with van der Waals surface area (Å²) in [7, 11) is 5.91. The van der Waals surface area contributed by atoms with Gasteiger partial charge in [0, 0.05) is 46.4 Å². The number of carbonyl (C=O) groups excluding carboxylic acids is 2. The Labute approximate surface area is 204 Å². The molecule has 10 heteroatoms. The minimum Gasteiger partial charge on any atom is -0.504 e. The summed E-state index contributed by atoms with van der Waals surface area (Å²) in [5.74, 6) is -1.64. The Kier molecular flexibility index (Phi) is 5.36. The predicted octanol–water partition coefficient (Wildman–Crippen LogP) is 4.07. The number of aromatic nitrogens is 2. The molecule has 1 aliphatic rings. The molecule has 4 aromatic rings. The molecule has 0 radical (unpaired) electrons. The summed E-state index contributed by atoms with van der Waals surface area (Å²) >= 11 is 0. The lowest BCUT2D eigenvalue weighted by atomic mass is 9.86. The summed E-state index contributed by atoms with van der Waals surface area (Å²) in [6.07, 6.45) is 2.92. The SMILES string of the molecule is COc1cc(OC)c2[nH]cc(C3=C(O)C(=O)C(c4c[nH]c5c(OC)cc(OC)cc45)=C(O)C3=O)c2c1. The lowest BCUT2D eigenvalue weighted by Gasteiger charge is -2.18. The molecule has 4 N–H and O–H groups in total. The third-order valence-electron chi connectivity index (χ3n) is 6.26. The third-order valence-corrected chi connectivity index (χ3v) is 6.26. The first kappa shape index (κ1) is 22.9. The lowest BCUT2D eigenvalue weighted by molar-refractivity contribution is -0.116. The van der Waals surface area contributed by atoms with E-state index in [-0.39, 0.29) is 22.3 Å². The van der Waals surface area contributed by atoms with Gasteiger partial charge in [-0.3, -0.25) is 9.59 Å². The van der Waals surface area contributed by atoms with Crippen molar-refractivity contribution in [1.82, 2.24) is 9.97 Å². The van der Waals surface area contributed by atoms with Gasteiger partial charge in [-0.15, -0.1) is 0 Å². The number of allylic oxidation sites excluding steroid dienone is 2. The van der Waals surface area contributed by atoms with Crippen LogP contribution in [0.5, 0.6) is 23.0 Å². The van der Waals surface area contributed by atoms with Crippen LogP contribution in [0.15, 0.2) is 48.2 Å². The summed E-state index contributed by atoms with van der Waals surface area (Å²) in [5, 5.41) is 22.9. The molecule has 0 saturated heterocycles. The molecule has 184 valence electrons. The maximum atomic E-state index is 13.4. The number of ether oxygens (including phenoxy) is 4. The Hall–Kier alpha value is -4.86. The van der Waals surface area contributed by atoms with Gasteiger partial charge in [0.1, 0.15) is 23.0 Å². The number of methoxy groups -OCH3 is 4. The molecule has 0 fully saturated rings. The second-order valence-electron chi connectivity index (χ2n) is 8.01. The minimum absolute atomic E-state index is 0.214. The highest BCUT2D eigenvalue weighted by molar-refractivity contribution is 6.48. The average molecular weight is 490 g/mol. The Morgan fingerprint density at radius 1 is 0.611 bits per heavy atom. The van der Waals surface area contributed by atoms with Crippen LogP contribution in [0.1, 0.15) is 11.1 Å². The van der Waals surface area contributed by atoms with Crippen LogP contribution in [0, 0.1) is 0 Å². The highest BCUT2D eigenvalue weighted by Crippen LogP contribution is 2.42. The van der Waals surface area contributed by atoms with Gasteiger partial charge >= 0.3 is 0 Å². The van der Waals surface area contributed by atoms with E-state index in [1.54, 1.807) is 24.3 Å². The van der Waals surface area contributed by atoms with Crippen LogP contribution in [-0.4, -0.2) is 60.2 Å². The molecule has 0 aliphatic heterocycles. The van der Waals surface area contributed by atoms with Crippen molar-refractivity contribution in [2.24, 2.45) is 0 Å². The van der Waals surface area contributed by atoms with Crippen molar-refractivity contribution in [3.8, 4) is 23.0 Å². The Bertz CT molecular complexity index is 1510. The van der Waals surface area contributed by atoms with Crippen molar-refractivity contribution in [2.75, 3.05) is 28.4 Å². The number of H-pyrrole nitrogens is 2. The van der Waals surface area contributed by atoms with Crippen LogP contribution in [0.2, 0.25) is 0 Å². The molecular formula is C26H22N2O8. The largest absolute Gasteiger partial charge is 0.504 e. The summed E-state index contributed by atoms with van der Waals surface area (Å²) in [5.41, 5.74) is 0.810. The summed E-state index contributed by atoms with van der Waals surface area (Å²) in [4.78, 5) is 32.8. The molecule has 0 spiro atoms. The fourth-order valence-electron chi connectivity index (χ4n) is 4.50. The minimum atomic E-state index is -0.908. The highest BCUT2D eigenvalue weighted by Gasteiger charge is 2.38. The van der Waals surface area contributed by atoms with Crippen LogP contribution in [-0.2, 0) is 9.59 Å². The predicted molar refractivity (Wildman–Crippen MR) is 132 cm³/mol. The number of hydrogen-bond acceptors (Lipinski definition) is 8. The van der Waals surface area contributed by atoms with Gasteiger partial charge in [0.15, 0.2) is 11.5 Å². The van der Waals surface area contributed by atoms with E-state index in [4.69, 9.17) is 18.9 Å². The van der Waals surface area contributed by atoms with Gasteiger partial charge in [-0.05, 0) is 12.1 Å². The van der Waals surface area contributed by atoms with E-state index in [1.807, 2.05) is 0 Å². The molecule has 0 amide bonds. The average Bonchev–Trinajstić information content (AvgIpc) is 3.51. The molecule has 36 heavy (non-hydrogen) atoms. The van der Waals surface area contributed by atoms with E-state index >= 15 is 0 Å². The van der Waals surface area contributed by atoms with Crippen LogP contribution in [0.3, 0.4) is 0 Å². The number of rotatable bonds is 6. The number of aromatic amines is 2. The first-order valence-corrected chi connectivity index (χ1v) is 10.8. The van der Waals surface area contributed by atoms with Crippen molar-refractivity contribution in [3.63, 3.8) is 0 Å². The molecule has 0 unspecified atom stereocenters. The molecule has 1 aliphatic carbocycles. The Morgan fingerprint density at radius 3 is 1.33 bits per heavy atom. The summed E-state index contributed by atoms with van der Waals surface area (Å²) in [6, 6.07) is 6.58. The maximum absolute atomic E-state index is 13.4. The normalized spacial score (nSPS) is 14.2. The summed E-state index contributed by atoms with van der Waals surface area (Å²) < 4.78 is 21.4. The molecule has 2 aromatic heterocycles. The monoisotopic (exact) mass is 490 g/mol. The first-order valence-electron chi connectivity index (χ1n) is 10.8. The number of nitrogens with one attached hydrogen (secondary N) is 2. The Morgan fingerprint density at radius 2 is 1.00 bits per heavy atom. The van der Waals surface area contributed by atoms with Gasteiger partial charge < -0.3 is 39.1 Å². The van der Waals surface area contributed by atoms with Crippen LogP contribution >= 0.6 is 0 Å². The number of carbonyl (C=O) groups is 2. The van der Waals surface area contributed by atoms with Crippen molar-refractivity contribution in [1.29, 1.82) is 0 Å². The van der Waals surface area contributed by atoms with Crippen LogP contribution in [0.25, 0.3) is 33.0 Å². The van der Waals surface area contributed by atoms with Crippen molar-refractivity contribution >= 4 is 44.5 Å². The second-order valence-corrected chi connectivity index (χ2v) is 8.01. The number of aliphatic hydroxyl groups excluding tert-OH is 2. The van der Waals surface area contributed by atoms with Gasteiger partial charge in [0.25, 0.3) is 0 Å². The van der Waals surface area contributed by atoms with Gasteiger partial charge in [0.2, 0.25) is 11.6 Å². The zero-order chi connectivity index (χ0) is 25.7. The number of fused-ring (bicyclic) bond motifs is 2. The molecule has 0 atom stereocenters. The molecule has 2 aromatic carbocycles. The number of Topliss-reactive ketones (excluding diaryl/α,β-unsaturated/α-hetero) is 2. The zero-order valence-electron chi connectivity index (χ0n) is 19.8. The fourth-order valence-corrected chi connectivity index (χ4v) is 4.50. The van der Waals surface area contributed by atoms with Crippen LogP contribution in [0.4, 0.5) is 0 Å². The first-order chi connectivity index (χ1) is 17.3. The van der Waals surface area contributed by atoms with Crippen LogP contribution < -0.4 is 18.9 Å².